The first-order valence-corrected chi connectivity index (χ1v) is 11.5. The van der Waals surface area contributed by atoms with E-state index in [1.165, 1.54) is 12.3 Å². The van der Waals surface area contributed by atoms with E-state index in [2.05, 4.69) is 21.3 Å². The summed E-state index contributed by atoms with van der Waals surface area (Å²) in [6.45, 7) is 6.43. The molecule has 3 aromatic rings. The third-order valence-electron chi connectivity index (χ3n) is 7.08. The van der Waals surface area contributed by atoms with Gasteiger partial charge in [0.25, 0.3) is 0 Å². The lowest BCUT2D eigenvalue weighted by atomic mass is 9.85. The number of carbonyl (C=O) groups excluding carboxylic acids is 1. The summed E-state index contributed by atoms with van der Waals surface area (Å²) in [4.78, 5) is 21.3. The summed E-state index contributed by atoms with van der Waals surface area (Å²) in [5.41, 5.74) is 0.280. The molecule has 2 aliphatic rings. The lowest BCUT2D eigenvalue weighted by molar-refractivity contribution is -0.139. The summed E-state index contributed by atoms with van der Waals surface area (Å²) in [6.07, 6.45) is -2.56. The number of pyridine rings is 1. The number of benzene rings is 1. The van der Waals surface area contributed by atoms with Crippen LogP contribution in [0.4, 0.5) is 18.9 Å². The van der Waals surface area contributed by atoms with Crippen molar-refractivity contribution in [3.8, 4) is 6.07 Å². The van der Waals surface area contributed by atoms with E-state index in [1.807, 2.05) is 28.2 Å². The predicted molar refractivity (Wildman–Crippen MR) is 121 cm³/mol. The molecule has 0 unspecified atom stereocenters. The van der Waals surface area contributed by atoms with Crippen LogP contribution in [-0.4, -0.2) is 50.2 Å². The Morgan fingerprint density at radius 1 is 1.20 bits per heavy atom. The smallest absolute Gasteiger partial charge is 0.370 e. The molecule has 35 heavy (non-hydrogen) atoms. The number of alkyl halides is 3. The fourth-order valence-corrected chi connectivity index (χ4v) is 5.22. The Morgan fingerprint density at radius 2 is 2.00 bits per heavy atom. The summed E-state index contributed by atoms with van der Waals surface area (Å²) < 4.78 is 42.2. The quantitative estimate of drug-likeness (QED) is 0.554. The number of aromatic nitrogens is 4. The van der Waals surface area contributed by atoms with Crippen LogP contribution in [0.2, 0.25) is 0 Å². The number of anilines is 1. The van der Waals surface area contributed by atoms with Gasteiger partial charge in [-0.1, -0.05) is 6.92 Å². The van der Waals surface area contributed by atoms with Crippen molar-refractivity contribution < 1.29 is 18.0 Å². The van der Waals surface area contributed by atoms with Gasteiger partial charge in [-0.25, -0.2) is 0 Å². The van der Waals surface area contributed by atoms with Gasteiger partial charge in [0.1, 0.15) is 11.9 Å². The van der Waals surface area contributed by atoms with Crippen molar-refractivity contribution in [2.24, 2.45) is 11.8 Å². The second-order valence-electron chi connectivity index (χ2n) is 9.26. The third kappa shape index (κ3) is 4.07. The molecule has 1 amide bonds. The second-order valence-corrected chi connectivity index (χ2v) is 9.26. The van der Waals surface area contributed by atoms with Gasteiger partial charge in [-0.2, -0.15) is 18.4 Å². The van der Waals surface area contributed by atoms with E-state index in [0.29, 0.717) is 55.7 Å². The summed E-state index contributed by atoms with van der Waals surface area (Å²) in [5, 5.41) is 18.2. The Labute approximate surface area is 200 Å². The van der Waals surface area contributed by atoms with E-state index in [0.717, 1.165) is 23.8 Å². The summed E-state index contributed by atoms with van der Waals surface area (Å²) >= 11 is 0. The summed E-state index contributed by atoms with van der Waals surface area (Å²) in [7, 11) is 0. The molecule has 8 nitrogen and oxygen atoms in total. The average Bonchev–Trinajstić information content (AvgIpc) is 3.21. The summed E-state index contributed by atoms with van der Waals surface area (Å²) in [5.74, 6) is 1.39. The molecule has 0 aliphatic carbocycles. The Morgan fingerprint density at radius 3 is 2.71 bits per heavy atom. The largest absolute Gasteiger partial charge is 0.416 e. The molecule has 4 heterocycles. The average molecular weight is 483 g/mol. The number of hydrogen-bond acceptors (Lipinski definition) is 6. The van der Waals surface area contributed by atoms with Crippen LogP contribution in [0, 0.1) is 30.1 Å². The van der Waals surface area contributed by atoms with Gasteiger partial charge in [0.15, 0.2) is 5.82 Å². The van der Waals surface area contributed by atoms with Gasteiger partial charge in [0, 0.05) is 43.7 Å². The van der Waals surface area contributed by atoms with Gasteiger partial charge in [0.2, 0.25) is 5.91 Å². The minimum absolute atomic E-state index is 0.0571. The molecule has 2 atom stereocenters. The fraction of sp³-hybridized carbons (Fsp3) is 0.458. The van der Waals surface area contributed by atoms with Gasteiger partial charge in [-0.05, 0) is 37.5 Å². The lowest BCUT2D eigenvalue weighted by Crippen LogP contribution is -2.49. The highest BCUT2D eigenvalue weighted by Crippen LogP contribution is 2.38. The van der Waals surface area contributed by atoms with E-state index >= 15 is 0 Å². The van der Waals surface area contributed by atoms with Crippen LogP contribution >= 0.6 is 0 Å². The molecule has 11 heteroatoms. The van der Waals surface area contributed by atoms with Gasteiger partial charge in [0.05, 0.1) is 28.9 Å². The van der Waals surface area contributed by atoms with E-state index in [9.17, 15) is 23.2 Å². The van der Waals surface area contributed by atoms with Crippen molar-refractivity contribution in [2.45, 2.75) is 39.5 Å². The first-order valence-electron chi connectivity index (χ1n) is 11.5. The van der Waals surface area contributed by atoms with Crippen molar-refractivity contribution in [1.29, 1.82) is 5.26 Å². The number of halogens is 3. The number of aryl methyl sites for hydroxylation is 1. The van der Waals surface area contributed by atoms with Crippen molar-refractivity contribution in [1.82, 2.24) is 24.6 Å². The van der Waals surface area contributed by atoms with Crippen molar-refractivity contribution >= 4 is 22.5 Å². The van der Waals surface area contributed by atoms with Gasteiger partial charge < -0.3 is 14.4 Å². The first-order chi connectivity index (χ1) is 16.7. The van der Waals surface area contributed by atoms with E-state index < -0.39 is 11.7 Å². The van der Waals surface area contributed by atoms with Gasteiger partial charge in [-0.15, -0.1) is 10.2 Å². The fourth-order valence-electron chi connectivity index (χ4n) is 5.22. The monoisotopic (exact) mass is 483 g/mol. The van der Waals surface area contributed by atoms with Crippen LogP contribution in [0.3, 0.4) is 0 Å². The molecule has 0 N–H and O–H groups in total. The maximum Gasteiger partial charge on any atom is 0.416 e. The molecule has 0 saturated carbocycles. The molecular formula is C24H24F3N7O. The highest BCUT2D eigenvalue weighted by molar-refractivity contribution is 5.95. The predicted octanol–water partition coefficient (Wildman–Crippen LogP) is 3.53. The minimum Gasteiger partial charge on any atom is -0.370 e. The van der Waals surface area contributed by atoms with Crippen LogP contribution in [0.5, 0.6) is 0 Å². The number of nitrogens with zero attached hydrogens (tertiary/aromatic N) is 7. The molecule has 1 aromatic carbocycles. The minimum atomic E-state index is -4.50. The van der Waals surface area contributed by atoms with Crippen molar-refractivity contribution in [2.75, 3.05) is 24.5 Å². The number of fused-ring (bicyclic) bond motifs is 2. The number of hydrogen-bond donors (Lipinski definition) is 0. The highest BCUT2D eigenvalue weighted by atomic mass is 19.4. The van der Waals surface area contributed by atoms with Crippen LogP contribution in [0.1, 0.15) is 36.1 Å². The summed E-state index contributed by atoms with van der Waals surface area (Å²) in [6, 6.07) is 5.47. The topological polar surface area (TPSA) is 90.9 Å². The highest BCUT2D eigenvalue weighted by Gasteiger charge is 2.37. The molecule has 1 fully saturated rings. The van der Waals surface area contributed by atoms with Crippen molar-refractivity contribution in [3.05, 3.63) is 47.2 Å². The Hall–Kier alpha value is -3.68. The molecular weight excluding hydrogens is 459 g/mol. The SMILES string of the molecule is Cc1nnc2n1CCN(C(=O)[C@@H]1CCN(c3c(C#N)cnc4ccc(C(F)(F)F)cc34)C[C@@H]1C)C2. The van der Waals surface area contributed by atoms with E-state index in [4.69, 9.17) is 0 Å². The van der Waals surface area contributed by atoms with Crippen LogP contribution in [0.15, 0.2) is 24.4 Å². The normalized spacial score (nSPS) is 20.6. The first kappa shape index (κ1) is 23.1. The number of rotatable bonds is 2. The second kappa shape index (κ2) is 8.52. The Bertz CT molecular complexity index is 1340. The Kier molecular flexibility index (Phi) is 5.62. The standard InChI is InChI=1S/C24H24F3N7O/c1-14-12-32(6-5-18(14)23(35)33-7-8-34-15(2)30-31-21(34)13-33)22-16(10-28)11-29-20-4-3-17(9-19(20)22)24(25,26)27/h3-4,9,11,14,18H,5-8,12-13H2,1-2H3/t14-,18+/m0/s1. The van der Waals surface area contributed by atoms with Crippen LogP contribution in [0.25, 0.3) is 10.9 Å². The number of nitriles is 1. The molecule has 1 saturated heterocycles. The van der Waals surface area contributed by atoms with Gasteiger partial charge in [-0.3, -0.25) is 9.78 Å². The molecule has 0 spiro atoms. The van der Waals surface area contributed by atoms with Crippen LogP contribution in [-0.2, 0) is 24.1 Å². The zero-order valence-electron chi connectivity index (χ0n) is 19.4. The molecule has 0 radical (unpaired) electrons. The van der Waals surface area contributed by atoms with E-state index in [-0.39, 0.29) is 23.3 Å². The van der Waals surface area contributed by atoms with Gasteiger partial charge >= 0.3 is 6.18 Å². The molecule has 2 aliphatic heterocycles. The lowest BCUT2D eigenvalue weighted by Gasteiger charge is -2.40. The zero-order chi connectivity index (χ0) is 24.9. The number of amides is 1. The molecule has 5 rings (SSSR count). The zero-order valence-corrected chi connectivity index (χ0v) is 19.4. The Balaban J connectivity index is 1.40. The van der Waals surface area contributed by atoms with E-state index in [1.54, 1.807) is 0 Å². The maximum absolute atomic E-state index is 13.4. The maximum atomic E-state index is 13.4. The number of carbonyl (C=O) groups is 1. The third-order valence-corrected chi connectivity index (χ3v) is 7.08. The molecule has 2 aromatic heterocycles. The van der Waals surface area contributed by atoms with Crippen LogP contribution < -0.4 is 4.90 Å². The van der Waals surface area contributed by atoms with Crippen molar-refractivity contribution in [3.63, 3.8) is 0 Å². The molecule has 0 bridgehead atoms. The molecule has 182 valence electrons. The number of piperidine rings is 1.